The lowest BCUT2D eigenvalue weighted by molar-refractivity contribution is 0.0805. The van der Waals surface area contributed by atoms with E-state index in [4.69, 9.17) is 9.47 Å². The van der Waals surface area contributed by atoms with Gasteiger partial charge in [-0.25, -0.2) is 0 Å². The van der Waals surface area contributed by atoms with Crippen molar-refractivity contribution in [3.05, 3.63) is 53.7 Å². The molecule has 2 atom stereocenters. The minimum atomic E-state index is 0.0737. The molecule has 4 rings (SSSR count). The minimum absolute atomic E-state index is 0.0737. The predicted molar refractivity (Wildman–Crippen MR) is 104 cm³/mol. The molecular formula is C22H26N2O2. The number of hydrogen-bond acceptors (Lipinski definition) is 3. The topological polar surface area (TPSA) is 36.3 Å². The highest BCUT2D eigenvalue weighted by atomic mass is 16.6. The van der Waals surface area contributed by atoms with Gasteiger partial charge in [-0.1, -0.05) is 39.0 Å². The van der Waals surface area contributed by atoms with Gasteiger partial charge in [0.15, 0.2) is 11.5 Å². The van der Waals surface area contributed by atoms with E-state index in [2.05, 4.69) is 56.2 Å². The van der Waals surface area contributed by atoms with Crippen molar-refractivity contribution < 1.29 is 9.47 Å². The summed E-state index contributed by atoms with van der Waals surface area (Å²) >= 11 is 0. The zero-order valence-electron chi connectivity index (χ0n) is 15.9. The SMILES string of the molecule is CC(C)c1ccc2c(c1)OCC(C[C@@H](C)c1ccc3cnn(C)c3c1)O2. The maximum Gasteiger partial charge on any atom is 0.161 e. The van der Waals surface area contributed by atoms with Crippen molar-refractivity contribution in [1.82, 2.24) is 9.78 Å². The fraction of sp³-hybridized carbons (Fsp3) is 0.409. The third-order valence-corrected chi connectivity index (χ3v) is 5.31. The summed E-state index contributed by atoms with van der Waals surface area (Å²) in [5.74, 6) is 2.61. The van der Waals surface area contributed by atoms with Crippen LogP contribution in [0.5, 0.6) is 11.5 Å². The predicted octanol–water partition coefficient (Wildman–Crippen LogP) is 5.03. The first kappa shape index (κ1) is 17.0. The molecular weight excluding hydrogens is 324 g/mol. The van der Waals surface area contributed by atoms with Gasteiger partial charge in [0.1, 0.15) is 12.7 Å². The van der Waals surface area contributed by atoms with Crippen LogP contribution in [0.1, 0.15) is 50.2 Å². The molecule has 0 saturated carbocycles. The first-order valence-electron chi connectivity index (χ1n) is 9.36. The fourth-order valence-electron chi connectivity index (χ4n) is 3.60. The molecule has 26 heavy (non-hydrogen) atoms. The summed E-state index contributed by atoms with van der Waals surface area (Å²) in [4.78, 5) is 0. The Morgan fingerprint density at radius 3 is 2.69 bits per heavy atom. The number of ether oxygens (including phenoxy) is 2. The Morgan fingerprint density at radius 1 is 1.08 bits per heavy atom. The van der Waals surface area contributed by atoms with E-state index >= 15 is 0 Å². The van der Waals surface area contributed by atoms with E-state index in [1.807, 2.05) is 24.0 Å². The van der Waals surface area contributed by atoms with Crippen molar-refractivity contribution >= 4 is 10.9 Å². The third-order valence-electron chi connectivity index (χ3n) is 5.31. The molecule has 136 valence electrons. The lowest BCUT2D eigenvalue weighted by Crippen LogP contribution is -2.30. The number of rotatable bonds is 4. The normalized spacial score (nSPS) is 17.7. The molecule has 0 bridgehead atoms. The molecule has 0 spiro atoms. The average Bonchev–Trinajstić information content (AvgIpc) is 3.01. The van der Waals surface area contributed by atoms with Crippen molar-refractivity contribution in [2.45, 2.75) is 45.1 Å². The lowest BCUT2D eigenvalue weighted by atomic mass is 9.94. The van der Waals surface area contributed by atoms with Crippen LogP contribution in [0, 0.1) is 0 Å². The van der Waals surface area contributed by atoms with Crippen LogP contribution < -0.4 is 9.47 Å². The summed E-state index contributed by atoms with van der Waals surface area (Å²) < 4.78 is 14.1. The van der Waals surface area contributed by atoms with Gasteiger partial charge in [0.2, 0.25) is 0 Å². The first-order valence-corrected chi connectivity index (χ1v) is 9.36. The summed E-state index contributed by atoms with van der Waals surface area (Å²) in [6.45, 7) is 7.23. The van der Waals surface area contributed by atoms with E-state index in [-0.39, 0.29) is 6.10 Å². The van der Waals surface area contributed by atoms with Gasteiger partial charge in [-0.15, -0.1) is 0 Å². The van der Waals surface area contributed by atoms with Crippen molar-refractivity contribution in [2.24, 2.45) is 7.05 Å². The van der Waals surface area contributed by atoms with Crippen molar-refractivity contribution in [2.75, 3.05) is 6.61 Å². The van der Waals surface area contributed by atoms with E-state index in [0.717, 1.165) is 17.9 Å². The lowest BCUT2D eigenvalue weighted by Gasteiger charge is -2.29. The number of hydrogen-bond donors (Lipinski definition) is 0. The molecule has 3 aromatic rings. The second kappa shape index (κ2) is 6.67. The Balaban J connectivity index is 1.48. The molecule has 2 heterocycles. The zero-order valence-corrected chi connectivity index (χ0v) is 15.9. The minimum Gasteiger partial charge on any atom is -0.486 e. The van der Waals surface area contributed by atoms with E-state index in [9.17, 15) is 0 Å². The van der Waals surface area contributed by atoms with Gasteiger partial charge >= 0.3 is 0 Å². The molecule has 2 aromatic carbocycles. The van der Waals surface area contributed by atoms with E-state index in [1.54, 1.807) is 0 Å². The van der Waals surface area contributed by atoms with Crippen LogP contribution in [0.25, 0.3) is 10.9 Å². The molecule has 4 nitrogen and oxygen atoms in total. The summed E-state index contributed by atoms with van der Waals surface area (Å²) in [5.41, 5.74) is 3.76. The second-order valence-corrected chi connectivity index (χ2v) is 7.63. The Bertz CT molecular complexity index is 929. The molecule has 1 aromatic heterocycles. The number of aromatic nitrogens is 2. The molecule has 0 radical (unpaired) electrons. The molecule has 1 aliphatic heterocycles. The number of fused-ring (bicyclic) bond motifs is 2. The van der Waals surface area contributed by atoms with E-state index in [0.29, 0.717) is 18.4 Å². The number of aryl methyl sites for hydroxylation is 1. The monoisotopic (exact) mass is 350 g/mol. The number of benzene rings is 2. The van der Waals surface area contributed by atoms with Gasteiger partial charge in [0.05, 0.1) is 11.7 Å². The van der Waals surface area contributed by atoms with Crippen LogP contribution in [-0.4, -0.2) is 22.5 Å². The smallest absolute Gasteiger partial charge is 0.161 e. The first-order chi connectivity index (χ1) is 12.5. The number of nitrogens with zero attached hydrogens (tertiary/aromatic N) is 2. The van der Waals surface area contributed by atoms with Crippen LogP contribution in [0.3, 0.4) is 0 Å². The van der Waals surface area contributed by atoms with Gasteiger partial charge in [-0.2, -0.15) is 5.10 Å². The average molecular weight is 350 g/mol. The molecule has 1 unspecified atom stereocenters. The maximum atomic E-state index is 6.21. The van der Waals surface area contributed by atoms with Crippen molar-refractivity contribution in [3.8, 4) is 11.5 Å². The Labute approximate surface area is 154 Å². The van der Waals surface area contributed by atoms with E-state index in [1.165, 1.54) is 22.0 Å². The molecule has 0 amide bonds. The van der Waals surface area contributed by atoms with E-state index < -0.39 is 0 Å². The Hall–Kier alpha value is -2.49. The summed E-state index contributed by atoms with van der Waals surface area (Å²) in [5, 5.41) is 5.50. The third kappa shape index (κ3) is 3.16. The largest absolute Gasteiger partial charge is 0.486 e. The van der Waals surface area contributed by atoms with Crippen molar-refractivity contribution in [3.63, 3.8) is 0 Å². The highest BCUT2D eigenvalue weighted by Gasteiger charge is 2.24. The van der Waals surface area contributed by atoms with Crippen LogP contribution in [0.15, 0.2) is 42.6 Å². The second-order valence-electron chi connectivity index (χ2n) is 7.63. The van der Waals surface area contributed by atoms with Crippen LogP contribution >= 0.6 is 0 Å². The van der Waals surface area contributed by atoms with Gasteiger partial charge in [-0.05, 0) is 47.6 Å². The quantitative estimate of drug-likeness (QED) is 0.662. The highest BCUT2D eigenvalue weighted by Crippen LogP contribution is 2.36. The standard InChI is InChI=1S/C22H26N2O2/c1-14(2)16-7-8-21-22(11-16)25-13-19(26-21)9-15(3)17-5-6-18-12-23-24(4)20(18)10-17/h5-8,10-12,14-15,19H,9,13H2,1-4H3/t15-,19?/m1/s1. The van der Waals surface area contributed by atoms with Crippen molar-refractivity contribution in [1.29, 1.82) is 0 Å². The van der Waals surface area contributed by atoms with Crippen LogP contribution in [-0.2, 0) is 7.05 Å². The summed E-state index contributed by atoms with van der Waals surface area (Å²) in [6, 6.07) is 12.9. The fourth-order valence-corrected chi connectivity index (χ4v) is 3.60. The molecule has 4 heteroatoms. The maximum absolute atomic E-state index is 6.21. The molecule has 0 fully saturated rings. The Kier molecular flexibility index (Phi) is 4.35. The molecule has 1 aliphatic rings. The molecule has 0 N–H and O–H groups in total. The molecule has 0 saturated heterocycles. The van der Waals surface area contributed by atoms with Gasteiger partial charge in [0.25, 0.3) is 0 Å². The molecule has 0 aliphatic carbocycles. The van der Waals surface area contributed by atoms with Gasteiger partial charge in [-0.3, -0.25) is 4.68 Å². The van der Waals surface area contributed by atoms with Gasteiger partial charge in [0, 0.05) is 12.4 Å². The zero-order chi connectivity index (χ0) is 18.3. The summed E-state index contributed by atoms with van der Waals surface area (Å²) in [7, 11) is 1.98. The van der Waals surface area contributed by atoms with Crippen LogP contribution in [0.4, 0.5) is 0 Å². The van der Waals surface area contributed by atoms with Crippen LogP contribution in [0.2, 0.25) is 0 Å². The Morgan fingerprint density at radius 2 is 1.88 bits per heavy atom. The van der Waals surface area contributed by atoms with Gasteiger partial charge < -0.3 is 9.47 Å². The highest BCUT2D eigenvalue weighted by molar-refractivity contribution is 5.79. The summed E-state index contributed by atoms with van der Waals surface area (Å²) in [6.07, 6.45) is 2.91.